The van der Waals surface area contributed by atoms with Gasteiger partial charge in [0, 0.05) is 34.0 Å². The molecule has 3 heterocycles. The van der Waals surface area contributed by atoms with E-state index in [-0.39, 0.29) is 34.1 Å². The molecular formula is C26H17NO8. The van der Waals surface area contributed by atoms with Gasteiger partial charge in [0.2, 0.25) is 0 Å². The summed E-state index contributed by atoms with van der Waals surface area (Å²) in [5.41, 5.74) is 1.13. The number of aromatic hydroxyl groups is 5. The van der Waals surface area contributed by atoms with Gasteiger partial charge in [-0.25, -0.2) is 4.79 Å². The summed E-state index contributed by atoms with van der Waals surface area (Å²) in [7, 11) is 1.41. The van der Waals surface area contributed by atoms with E-state index in [1.165, 1.54) is 31.4 Å². The molecule has 0 spiro atoms. The van der Waals surface area contributed by atoms with Gasteiger partial charge in [-0.2, -0.15) is 0 Å². The van der Waals surface area contributed by atoms with Crippen molar-refractivity contribution in [3.8, 4) is 45.6 Å². The highest BCUT2D eigenvalue weighted by Crippen LogP contribution is 2.45. The Hall–Kier alpha value is -5.05. The topological polar surface area (TPSA) is 145 Å². The lowest BCUT2D eigenvalue weighted by Gasteiger charge is -2.10. The van der Waals surface area contributed by atoms with E-state index in [1.54, 1.807) is 28.8 Å². The van der Waals surface area contributed by atoms with E-state index in [0.29, 0.717) is 38.2 Å². The van der Waals surface area contributed by atoms with Crippen LogP contribution in [-0.2, 0) is 0 Å². The maximum Gasteiger partial charge on any atom is 0.361 e. The summed E-state index contributed by atoms with van der Waals surface area (Å²) in [6, 6.07) is 11.7. The fourth-order valence-corrected chi connectivity index (χ4v) is 4.66. The quantitative estimate of drug-likeness (QED) is 0.183. The molecule has 174 valence electrons. The predicted molar refractivity (Wildman–Crippen MR) is 129 cm³/mol. The Morgan fingerprint density at radius 1 is 0.771 bits per heavy atom. The van der Waals surface area contributed by atoms with Gasteiger partial charge in [0.05, 0.1) is 12.6 Å². The fraction of sp³-hybridized carbons (Fsp3) is 0.0385. The third-order valence-electron chi connectivity index (χ3n) is 6.22. The summed E-state index contributed by atoms with van der Waals surface area (Å²) in [6.45, 7) is 0. The molecule has 35 heavy (non-hydrogen) atoms. The molecular weight excluding hydrogens is 454 g/mol. The van der Waals surface area contributed by atoms with Crippen LogP contribution >= 0.6 is 0 Å². The van der Waals surface area contributed by atoms with Crippen LogP contribution in [0.5, 0.6) is 34.5 Å². The number of nitrogens with zero attached hydrogens (tertiary/aromatic N) is 1. The highest BCUT2D eigenvalue weighted by Gasteiger charge is 2.24. The molecule has 9 heteroatoms. The van der Waals surface area contributed by atoms with Gasteiger partial charge in [0.25, 0.3) is 0 Å². The molecule has 0 aliphatic heterocycles. The summed E-state index contributed by atoms with van der Waals surface area (Å²) >= 11 is 0. The number of benzene rings is 3. The molecule has 0 aliphatic carbocycles. The van der Waals surface area contributed by atoms with Crippen molar-refractivity contribution in [3.63, 3.8) is 0 Å². The van der Waals surface area contributed by atoms with Gasteiger partial charge in [-0.15, -0.1) is 0 Å². The first kappa shape index (κ1) is 20.5. The first-order valence-electron chi connectivity index (χ1n) is 10.5. The zero-order valence-corrected chi connectivity index (χ0v) is 18.1. The monoisotopic (exact) mass is 471 g/mol. The molecule has 0 radical (unpaired) electrons. The van der Waals surface area contributed by atoms with Crippen molar-refractivity contribution >= 4 is 38.2 Å². The molecule has 0 amide bonds. The minimum atomic E-state index is -0.688. The smallest absolute Gasteiger partial charge is 0.361 e. The highest BCUT2D eigenvalue weighted by molar-refractivity contribution is 6.21. The Kier molecular flexibility index (Phi) is 4.09. The van der Waals surface area contributed by atoms with Gasteiger partial charge in [-0.05, 0) is 47.3 Å². The number of phenolic OH excluding ortho intramolecular Hbond substituents is 5. The van der Waals surface area contributed by atoms with Crippen molar-refractivity contribution in [2.45, 2.75) is 0 Å². The second kappa shape index (κ2) is 6.97. The van der Waals surface area contributed by atoms with Crippen molar-refractivity contribution in [3.05, 3.63) is 65.1 Å². The van der Waals surface area contributed by atoms with Crippen LogP contribution in [0.3, 0.4) is 0 Å². The largest absolute Gasteiger partial charge is 0.504 e. The number of pyridine rings is 1. The molecule has 0 saturated heterocycles. The van der Waals surface area contributed by atoms with Crippen molar-refractivity contribution < 1.29 is 34.7 Å². The van der Waals surface area contributed by atoms with Crippen LogP contribution in [0.4, 0.5) is 0 Å². The molecule has 6 rings (SSSR count). The van der Waals surface area contributed by atoms with Gasteiger partial charge in [-0.1, -0.05) is 6.07 Å². The molecule has 0 fully saturated rings. The maximum atomic E-state index is 13.2. The Balaban J connectivity index is 1.95. The number of hydrogen-bond donors (Lipinski definition) is 5. The molecule has 0 aliphatic rings. The van der Waals surface area contributed by atoms with E-state index in [9.17, 15) is 30.3 Å². The van der Waals surface area contributed by atoms with E-state index >= 15 is 0 Å². The second-order valence-electron chi connectivity index (χ2n) is 8.17. The number of rotatable bonds is 2. The predicted octanol–water partition coefficient (Wildman–Crippen LogP) is 4.56. The van der Waals surface area contributed by atoms with E-state index in [0.717, 1.165) is 6.07 Å². The molecule has 3 aromatic carbocycles. The van der Waals surface area contributed by atoms with Crippen LogP contribution < -0.4 is 10.4 Å². The van der Waals surface area contributed by atoms with E-state index < -0.39 is 17.1 Å². The van der Waals surface area contributed by atoms with Crippen LogP contribution in [-0.4, -0.2) is 37.0 Å². The van der Waals surface area contributed by atoms with Gasteiger partial charge in [-0.3, -0.25) is 0 Å². The number of methoxy groups -OCH3 is 1. The lowest BCUT2D eigenvalue weighted by molar-refractivity contribution is 0.373. The summed E-state index contributed by atoms with van der Waals surface area (Å²) < 4.78 is 12.4. The number of aromatic nitrogens is 1. The lowest BCUT2D eigenvalue weighted by atomic mass is 9.98. The van der Waals surface area contributed by atoms with Gasteiger partial charge in [0.1, 0.15) is 11.1 Å². The van der Waals surface area contributed by atoms with Gasteiger partial charge >= 0.3 is 5.63 Å². The molecule has 3 aromatic heterocycles. The first-order valence-corrected chi connectivity index (χ1v) is 10.5. The number of phenols is 5. The molecule has 0 bridgehead atoms. The SMILES string of the molecule is COc1cc(-c2c3c4cc(O)c(O)cc4oc(=O)c3n3ccc4cc(O)c(O)cc4c23)ccc1O. The van der Waals surface area contributed by atoms with Crippen LogP contribution in [0, 0.1) is 0 Å². The molecule has 0 unspecified atom stereocenters. The van der Waals surface area contributed by atoms with Crippen molar-refractivity contribution in [2.75, 3.05) is 7.11 Å². The van der Waals surface area contributed by atoms with Crippen LogP contribution in [0.1, 0.15) is 0 Å². The summed E-state index contributed by atoms with van der Waals surface area (Å²) in [4.78, 5) is 13.2. The normalized spacial score (nSPS) is 11.7. The van der Waals surface area contributed by atoms with E-state index in [4.69, 9.17) is 9.15 Å². The Morgan fingerprint density at radius 2 is 1.46 bits per heavy atom. The first-order chi connectivity index (χ1) is 16.8. The molecule has 9 nitrogen and oxygen atoms in total. The van der Waals surface area contributed by atoms with Gasteiger partial charge < -0.3 is 39.1 Å². The number of hydrogen-bond acceptors (Lipinski definition) is 8. The zero-order chi connectivity index (χ0) is 24.6. The lowest BCUT2D eigenvalue weighted by Crippen LogP contribution is -2.02. The number of fused-ring (bicyclic) bond motifs is 7. The Bertz CT molecular complexity index is 1920. The van der Waals surface area contributed by atoms with Crippen molar-refractivity contribution in [1.82, 2.24) is 4.40 Å². The number of ether oxygens (including phenoxy) is 1. The summed E-state index contributed by atoms with van der Waals surface area (Å²) in [5, 5.41) is 52.6. The maximum absolute atomic E-state index is 13.2. The molecule has 0 saturated carbocycles. The van der Waals surface area contributed by atoms with Crippen LogP contribution in [0.2, 0.25) is 0 Å². The average Bonchev–Trinajstić information content (AvgIpc) is 3.18. The second-order valence-corrected chi connectivity index (χ2v) is 8.17. The van der Waals surface area contributed by atoms with Crippen molar-refractivity contribution in [2.24, 2.45) is 0 Å². The Labute approximate surface area is 195 Å². The van der Waals surface area contributed by atoms with E-state index in [1.807, 2.05) is 0 Å². The third-order valence-corrected chi connectivity index (χ3v) is 6.22. The molecule has 6 aromatic rings. The minimum absolute atomic E-state index is 0.0606. The summed E-state index contributed by atoms with van der Waals surface area (Å²) in [6.07, 6.45) is 1.64. The highest BCUT2D eigenvalue weighted by atomic mass is 16.5. The minimum Gasteiger partial charge on any atom is -0.504 e. The Morgan fingerprint density at radius 3 is 2.20 bits per heavy atom. The van der Waals surface area contributed by atoms with E-state index in [2.05, 4.69) is 0 Å². The molecule has 0 atom stereocenters. The average molecular weight is 471 g/mol. The van der Waals surface area contributed by atoms with Crippen LogP contribution in [0.25, 0.3) is 49.3 Å². The molecule has 5 N–H and O–H groups in total. The van der Waals surface area contributed by atoms with Gasteiger partial charge in [0.15, 0.2) is 34.5 Å². The fourth-order valence-electron chi connectivity index (χ4n) is 4.66. The van der Waals surface area contributed by atoms with Crippen LogP contribution in [0.15, 0.2) is 63.9 Å². The van der Waals surface area contributed by atoms with Crippen molar-refractivity contribution in [1.29, 1.82) is 0 Å². The standard InChI is InChI=1S/C26H17NO8/c1-34-21-7-12(2-3-15(21)28)22-23-14-9-18(31)19(32)10-20(14)35-26(33)25(23)27-5-4-11-6-16(29)17(30)8-13(11)24(22)27/h2-10,28-32H,1H3. The zero-order valence-electron chi connectivity index (χ0n) is 18.1. The third kappa shape index (κ3) is 2.78. The summed E-state index contributed by atoms with van der Waals surface area (Å²) in [5.74, 6) is -1.36.